The molecule has 0 spiro atoms. The molecule has 3 aromatic rings. The smallest absolute Gasteiger partial charge is 0.410 e. The zero-order chi connectivity index (χ0) is 46.0. The van der Waals surface area contributed by atoms with Crippen molar-refractivity contribution in [3.8, 4) is 0 Å². The number of likely N-dealkylation sites (N-methyl/N-ethyl adjacent to an activating group) is 1. The van der Waals surface area contributed by atoms with Gasteiger partial charge in [0, 0.05) is 28.1 Å². The molecule has 0 radical (unpaired) electrons. The molecule has 4 fully saturated rings. The molecular weight excluding hydrogens is 835 g/mol. The molecule has 3 heterocycles. The van der Waals surface area contributed by atoms with E-state index in [1.807, 2.05) is 66.7 Å². The van der Waals surface area contributed by atoms with Crippen LogP contribution < -0.4 is 0 Å². The molecule has 7 rings (SSSR count). The van der Waals surface area contributed by atoms with Crippen LogP contribution >= 0.6 is 0 Å². The number of amides is 1. The van der Waals surface area contributed by atoms with E-state index in [1.165, 1.54) is 4.90 Å². The van der Waals surface area contributed by atoms with Crippen LogP contribution in [0.5, 0.6) is 0 Å². The summed E-state index contributed by atoms with van der Waals surface area (Å²) in [6.07, 6.45) is -14.0. The number of benzene rings is 3. The number of nitrogens with zero attached hydrogens (tertiary/aromatic N) is 13. The molecule has 23 nitrogen and oxygen atoms in total. The first kappa shape index (κ1) is 44.5. The summed E-state index contributed by atoms with van der Waals surface area (Å²) in [5, 5.41) is 27.7. The quantitative estimate of drug-likeness (QED) is 0.0781. The molecule has 1 N–H and O–H groups in total. The molecule has 0 unspecified atom stereocenters. The lowest BCUT2D eigenvalue weighted by atomic mass is 9.83. The molecule has 4 aliphatic rings. The third kappa shape index (κ3) is 10.4. The maximum atomic E-state index is 12.9. The zero-order valence-electron chi connectivity index (χ0n) is 35.8. The van der Waals surface area contributed by atoms with Gasteiger partial charge in [0.25, 0.3) is 0 Å². The Kier molecular flexibility index (Phi) is 14.9. The Labute approximate surface area is 367 Å². The Morgan fingerprint density at radius 1 is 0.734 bits per heavy atom. The predicted molar refractivity (Wildman–Crippen MR) is 223 cm³/mol. The maximum Gasteiger partial charge on any atom is 0.410 e. The van der Waals surface area contributed by atoms with Gasteiger partial charge in [-0.3, -0.25) is 0 Å². The number of ether oxygens (including phenoxy) is 8. The molecule has 1 amide bonds. The maximum absolute atomic E-state index is 12.9. The van der Waals surface area contributed by atoms with E-state index in [9.17, 15) is 33.4 Å². The Morgan fingerprint density at radius 2 is 1.23 bits per heavy atom. The average Bonchev–Trinajstić information content (AvgIpc) is 3.55. The zero-order valence-corrected chi connectivity index (χ0v) is 34.8. The van der Waals surface area contributed by atoms with E-state index in [2.05, 4.69) is 40.1 Å². The van der Waals surface area contributed by atoms with E-state index in [0.29, 0.717) is 5.56 Å². The van der Waals surface area contributed by atoms with Crippen molar-refractivity contribution in [1.82, 2.24) is 4.90 Å². The van der Waals surface area contributed by atoms with Gasteiger partial charge in [0.2, 0.25) is 0 Å². The van der Waals surface area contributed by atoms with Crippen molar-refractivity contribution in [2.45, 2.75) is 118 Å². The molecule has 336 valence electrons. The number of aliphatic hydroxyl groups is 1. The second-order valence-corrected chi connectivity index (χ2v) is 15.7. The minimum absolute atomic E-state index is 0.0137. The van der Waals surface area contributed by atoms with Gasteiger partial charge >= 0.3 is 6.09 Å². The Bertz CT molecular complexity index is 2290. The van der Waals surface area contributed by atoms with E-state index >= 15 is 0 Å². The summed E-state index contributed by atoms with van der Waals surface area (Å²) in [6.45, 7) is 1.14. The standard InChI is InChI=1S/C41H47N13O10/c1-41-23-60-39(36(37(41)54(2)40(56)64-41)59-22-26-16-10-5-11-17-26)63-33-28(48-52-44)18-27(47-51-43)32(31(33)55)62-38-30(49-53-45)35(58-21-25-14-8-4-9-15-25)34(29(61-38)19-46-50-42)57-20-24-12-6-3-7-13-24/h3-17,27-39,55H,18-23H2,1-2H3/t27-,28+,29+,30+,31-,32+,33-,34+,35+,36+,37+,38+,39+,41-/m0/s1/i30D. The lowest BCUT2D eigenvalue weighted by molar-refractivity contribution is -0.321. The predicted octanol–water partition coefficient (Wildman–Crippen LogP) is 6.92. The van der Waals surface area contributed by atoms with Crippen molar-refractivity contribution in [3.05, 3.63) is 149 Å². The highest BCUT2D eigenvalue weighted by Crippen LogP contribution is 2.41. The Hall–Kier alpha value is -6.15. The highest BCUT2D eigenvalue weighted by molar-refractivity contribution is 5.71. The van der Waals surface area contributed by atoms with Crippen molar-refractivity contribution < 1.29 is 49.2 Å². The minimum Gasteiger partial charge on any atom is -0.438 e. The van der Waals surface area contributed by atoms with Gasteiger partial charge in [-0.25, -0.2) is 4.79 Å². The normalized spacial score (nSPS) is 34.6. The van der Waals surface area contributed by atoms with Crippen LogP contribution in [-0.2, 0) is 57.7 Å². The minimum atomic E-state index is -2.54. The van der Waals surface area contributed by atoms with Crippen molar-refractivity contribution in [1.29, 1.82) is 0 Å². The molecule has 14 atom stereocenters. The molecular formula is C41H47N13O10. The summed E-state index contributed by atoms with van der Waals surface area (Å²) >= 11 is 0. The molecule has 23 heteroatoms. The molecule has 0 aromatic heterocycles. The van der Waals surface area contributed by atoms with Gasteiger partial charge < -0.3 is 47.9 Å². The number of rotatable bonds is 18. The third-order valence-electron chi connectivity index (χ3n) is 11.5. The van der Waals surface area contributed by atoms with Gasteiger partial charge in [-0.15, -0.1) is 0 Å². The van der Waals surface area contributed by atoms with Crippen molar-refractivity contribution in [2.24, 2.45) is 20.5 Å². The average molecular weight is 883 g/mol. The van der Waals surface area contributed by atoms with Gasteiger partial charge in [-0.1, -0.05) is 111 Å². The van der Waals surface area contributed by atoms with Crippen LogP contribution in [0.2, 0.25) is 0 Å². The van der Waals surface area contributed by atoms with E-state index in [1.54, 1.807) is 38.2 Å². The van der Waals surface area contributed by atoms with Crippen LogP contribution in [0.4, 0.5) is 4.79 Å². The molecule has 3 saturated heterocycles. The number of aliphatic hydroxyl groups excluding tert-OH is 1. The van der Waals surface area contributed by atoms with Gasteiger partial charge in [0.05, 0.1) is 63.4 Å². The molecule has 1 saturated carbocycles. The van der Waals surface area contributed by atoms with Crippen LogP contribution in [-0.4, -0.2) is 121 Å². The monoisotopic (exact) mass is 882 g/mol. The van der Waals surface area contributed by atoms with E-state index in [-0.39, 0.29) is 39.4 Å². The summed E-state index contributed by atoms with van der Waals surface area (Å²) in [7, 11) is 1.55. The first-order chi connectivity index (χ1) is 31.5. The van der Waals surface area contributed by atoms with Crippen LogP contribution in [0.1, 0.15) is 31.4 Å². The van der Waals surface area contributed by atoms with Crippen molar-refractivity contribution in [3.63, 3.8) is 0 Å². The number of hydrogen-bond acceptors (Lipinski definition) is 14. The van der Waals surface area contributed by atoms with Crippen molar-refractivity contribution in [2.75, 3.05) is 20.2 Å². The van der Waals surface area contributed by atoms with Crippen molar-refractivity contribution >= 4 is 6.09 Å². The third-order valence-corrected chi connectivity index (χ3v) is 11.5. The van der Waals surface area contributed by atoms with Gasteiger partial charge in [0.15, 0.2) is 18.2 Å². The molecule has 1 aliphatic carbocycles. The first-order valence-corrected chi connectivity index (χ1v) is 20.4. The largest absolute Gasteiger partial charge is 0.438 e. The van der Waals surface area contributed by atoms with Crippen LogP contribution in [0.15, 0.2) is 111 Å². The second-order valence-electron chi connectivity index (χ2n) is 15.7. The molecule has 64 heavy (non-hydrogen) atoms. The number of fused-ring (bicyclic) bond motifs is 1. The van der Waals surface area contributed by atoms with E-state index in [4.69, 9.17) is 37.9 Å². The lowest BCUT2D eigenvalue weighted by Crippen LogP contribution is -2.66. The SMILES string of the molecule is [2H][C@]1(N=[N+]=[N-])[C@@H](O[C@H]2[C@H](O)[C@@H](O[C@H]3OC[C@]4(C)OC(=O)N(C)[C@@H]4[C@H]3OCc3ccccc3)[C@H](N=[N+]=[N-])C[C@@H]2N=[N+]=[N-])O[C@H](CN=[N+]=[N-])[C@@H](OCc2ccccc2)[C@@H]1OCc1ccccc1. The lowest BCUT2D eigenvalue weighted by Gasteiger charge is -2.49. The fourth-order valence-electron chi connectivity index (χ4n) is 8.46. The molecule has 3 aromatic carbocycles. The van der Waals surface area contributed by atoms with E-state index < -0.39 is 91.1 Å². The Morgan fingerprint density at radius 3 is 1.75 bits per heavy atom. The summed E-state index contributed by atoms with van der Waals surface area (Å²) in [4.78, 5) is 26.1. The number of carbonyl (C=O) groups is 1. The fraction of sp³-hybridized carbons (Fsp3) is 0.537. The molecule has 3 aliphatic heterocycles. The summed E-state index contributed by atoms with van der Waals surface area (Å²) in [6, 6.07) is 21.5. The highest BCUT2D eigenvalue weighted by atomic mass is 16.7. The number of azide groups is 4. The van der Waals surface area contributed by atoms with Gasteiger partial charge in [0.1, 0.15) is 36.5 Å². The Balaban J connectivity index is 1.23. The summed E-state index contributed by atoms with van der Waals surface area (Å²) < 4.78 is 60.2. The summed E-state index contributed by atoms with van der Waals surface area (Å²) in [5.41, 5.74) is 39.9. The van der Waals surface area contributed by atoms with Crippen LogP contribution in [0.25, 0.3) is 41.8 Å². The topological polar surface area (TPSA) is 309 Å². The molecule has 0 bridgehead atoms. The number of carbonyl (C=O) groups excluding carboxylic acids is 1. The van der Waals surface area contributed by atoms with Crippen LogP contribution in [0.3, 0.4) is 0 Å². The van der Waals surface area contributed by atoms with Crippen LogP contribution in [0, 0.1) is 0 Å². The highest BCUT2D eigenvalue weighted by Gasteiger charge is 2.61. The summed E-state index contributed by atoms with van der Waals surface area (Å²) in [5.74, 6) is 0. The second kappa shape index (κ2) is 21.5. The first-order valence-electron chi connectivity index (χ1n) is 20.9. The number of hydrogen-bond donors (Lipinski definition) is 1. The fourth-order valence-corrected chi connectivity index (χ4v) is 8.46. The van der Waals surface area contributed by atoms with Gasteiger partial charge in [-0.05, 0) is 52.2 Å². The van der Waals surface area contributed by atoms with Gasteiger partial charge in [-0.2, -0.15) is 0 Å². The van der Waals surface area contributed by atoms with E-state index in [0.717, 1.165) is 11.1 Å².